The Labute approximate surface area is 113 Å². The van der Waals surface area contributed by atoms with E-state index in [1.54, 1.807) is 6.92 Å². The molecular weight excluding hydrogens is 230 g/mol. The number of aliphatic hydroxyl groups is 1. The van der Waals surface area contributed by atoms with Gasteiger partial charge in [-0.25, -0.2) is 0 Å². The van der Waals surface area contributed by atoms with E-state index in [1.807, 2.05) is 13.8 Å². The van der Waals surface area contributed by atoms with Crippen LogP contribution in [0, 0.1) is 0 Å². The Bertz CT molecular complexity index is 173. The Balaban J connectivity index is 2.88. The van der Waals surface area contributed by atoms with Crippen LogP contribution in [0.2, 0.25) is 0 Å². The topological polar surface area (TPSA) is 38.7 Å². The first-order chi connectivity index (χ1) is 5.22. The molecule has 0 aromatic heterocycles. The Hall–Kier alpha value is 1.69. The van der Waals surface area contributed by atoms with Crippen LogP contribution in [0.4, 0.5) is 0 Å². The number of hydrogen-bond acceptors (Lipinski definition) is 3. The first kappa shape index (κ1) is 11.8. The first-order valence-corrected chi connectivity index (χ1v) is 6.69. The molecule has 1 N–H and O–H groups in total. The summed E-state index contributed by atoms with van der Waals surface area (Å²) >= 11 is 0.336. The summed E-state index contributed by atoms with van der Waals surface area (Å²) in [5.74, 6) is -0.788. The van der Waals surface area contributed by atoms with Gasteiger partial charge < -0.3 is 0 Å². The summed E-state index contributed by atoms with van der Waals surface area (Å²) < 4.78 is 11.3. The third kappa shape index (κ3) is 2.02. The zero-order valence-electron chi connectivity index (χ0n) is 8.47. The van der Waals surface area contributed by atoms with E-state index in [0.717, 1.165) is 0 Å². The van der Waals surface area contributed by atoms with Crippen LogP contribution in [0.3, 0.4) is 0 Å². The summed E-state index contributed by atoms with van der Waals surface area (Å²) in [7, 11) is 0. The molecular formula is C8H15O3Rb. The molecule has 0 bridgehead atoms. The summed E-state index contributed by atoms with van der Waals surface area (Å²) in [5.41, 5.74) is -0.263. The molecule has 1 aliphatic heterocycles. The van der Waals surface area contributed by atoms with Gasteiger partial charge in [0.2, 0.25) is 0 Å². The Morgan fingerprint density at radius 3 is 1.83 bits per heavy atom. The summed E-state index contributed by atoms with van der Waals surface area (Å²) in [6.45, 7) is 7.81. The van der Waals surface area contributed by atoms with Gasteiger partial charge >= 0.3 is 114 Å². The van der Waals surface area contributed by atoms with Crippen LogP contribution in [0.25, 0.3) is 0 Å². The van der Waals surface area contributed by atoms with Gasteiger partial charge in [-0.3, -0.25) is 0 Å². The average Bonchev–Trinajstić information content (AvgIpc) is 1.99. The maximum atomic E-state index is 9.06. The van der Waals surface area contributed by atoms with Crippen molar-refractivity contribution in [3.05, 3.63) is 0 Å². The summed E-state index contributed by atoms with van der Waals surface area (Å²) in [6.07, 6.45) is 0. The van der Waals surface area contributed by atoms with E-state index < -0.39 is 5.79 Å². The molecule has 2 atom stereocenters. The third-order valence-corrected chi connectivity index (χ3v) is 6.14. The molecule has 0 aliphatic carbocycles. The zero-order chi connectivity index (χ0) is 9.62. The molecule has 4 heteroatoms. The van der Waals surface area contributed by atoms with Crippen molar-refractivity contribution >= 4 is 55.5 Å². The van der Waals surface area contributed by atoms with Crippen LogP contribution in [0.5, 0.6) is 0 Å². The number of rotatable bonds is 1. The minimum absolute atomic E-state index is 0.0776. The van der Waals surface area contributed by atoms with E-state index in [-0.39, 0.29) is 10.9 Å². The Morgan fingerprint density at radius 2 is 1.67 bits per heavy atom. The van der Waals surface area contributed by atoms with Gasteiger partial charge in [0, 0.05) is 0 Å². The van der Waals surface area contributed by atoms with Gasteiger partial charge in [-0.05, 0) is 0 Å². The van der Waals surface area contributed by atoms with E-state index in [1.165, 1.54) is 0 Å². The van der Waals surface area contributed by atoms with Gasteiger partial charge in [0.1, 0.15) is 0 Å². The van der Waals surface area contributed by atoms with Gasteiger partial charge in [-0.2, -0.15) is 0 Å². The Kier molecular flexibility index (Phi) is 3.30. The second-order valence-electron chi connectivity index (χ2n) is 4.52. The van der Waals surface area contributed by atoms with Crippen molar-refractivity contribution in [2.75, 3.05) is 6.61 Å². The van der Waals surface area contributed by atoms with Crippen LogP contribution >= 0.6 is 0 Å². The molecule has 3 nitrogen and oxygen atoms in total. The second kappa shape index (κ2) is 3.37. The number of aliphatic hydroxyl groups excluding tert-OH is 1. The normalized spacial score (nSPS) is 46.6. The molecule has 0 aromatic carbocycles. The van der Waals surface area contributed by atoms with Crippen molar-refractivity contribution in [2.45, 2.75) is 37.8 Å². The summed E-state index contributed by atoms with van der Waals surface area (Å²) in [4.78, 5) is 0. The molecule has 1 rings (SSSR count). The molecule has 66 valence electrons. The molecule has 1 heterocycles. The molecule has 0 spiro atoms. The van der Waals surface area contributed by atoms with Gasteiger partial charge in [-0.15, -0.1) is 0 Å². The van der Waals surface area contributed by atoms with Crippen LogP contribution in [-0.4, -0.2) is 77.3 Å². The molecule has 1 fully saturated rings. The minimum atomic E-state index is -0.788. The van der Waals surface area contributed by atoms with E-state index in [0.29, 0.717) is 55.5 Å². The molecule has 12 heavy (non-hydrogen) atoms. The first-order valence-electron chi connectivity index (χ1n) is 4.24. The van der Waals surface area contributed by atoms with E-state index in [2.05, 4.69) is 6.92 Å². The Morgan fingerprint density at radius 1 is 1.17 bits per heavy atom. The molecule has 0 radical (unpaired) electrons. The van der Waals surface area contributed by atoms with Crippen LogP contribution in [0.15, 0.2) is 0 Å². The van der Waals surface area contributed by atoms with E-state index >= 15 is 0 Å². The van der Waals surface area contributed by atoms with Crippen molar-refractivity contribution in [3.8, 4) is 0 Å². The van der Waals surface area contributed by atoms with Gasteiger partial charge in [0.15, 0.2) is 0 Å². The summed E-state index contributed by atoms with van der Waals surface area (Å²) in [5, 5.41) is 9.06. The molecule has 2 unspecified atom stereocenters. The van der Waals surface area contributed by atoms with Crippen LogP contribution < -0.4 is 0 Å². The molecule has 1 saturated heterocycles. The van der Waals surface area contributed by atoms with Gasteiger partial charge in [0.05, 0.1) is 0 Å². The van der Waals surface area contributed by atoms with Crippen molar-refractivity contribution in [3.63, 3.8) is 0 Å². The molecule has 1 aliphatic rings. The fraction of sp³-hybridized carbons (Fsp3) is 1.00. The van der Waals surface area contributed by atoms with Crippen molar-refractivity contribution < 1.29 is 14.6 Å². The van der Waals surface area contributed by atoms with Gasteiger partial charge in [0.25, 0.3) is 0 Å². The van der Waals surface area contributed by atoms with E-state index in [4.69, 9.17) is 14.6 Å². The third-order valence-electron chi connectivity index (χ3n) is 2.68. The predicted molar refractivity (Wildman–Crippen MR) is 45.9 cm³/mol. The predicted octanol–water partition coefficient (Wildman–Crippen LogP) is 0.405. The number of ether oxygens (including phenoxy) is 2. The molecule has 0 aromatic rings. The second-order valence-corrected chi connectivity index (χ2v) is 9.21. The van der Waals surface area contributed by atoms with Gasteiger partial charge in [-0.1, -0.05) is 0 Å². The molecule has 0 amide bonds. The summed E-state index contributed by atoms with van der Waals surface area (Å²) in [6, 6.07) is 0. The fourth-order valence-electron chi connectivity index (χ4n) is 1.41. The van der Waals surface area contributed by atoms with Crippen molar-refractivity contribution in [2.24, 2.45) is 0 Å². The van der Waals surface area contributed by atoms with Crippen LogP contribution in [0.1, 0.15) is 27.7 Å². The van der Waals surface area contributed by atoms with Crippen molar-refractivity contribution in [1.82, 2.24) is 0 Å². The fourth-order valence-corrected chi connectivity index (χ4v) is 2.72. The number of hydrogen-bond donors (Lipinski definition) is 1. The quantitative estimate of drug-likeness (QED) is 0.726. The maximum absolute atomic E-state index is 9.06. The van der Waals surface area contributed by atoms with E-state index in [9.17, 15) is 0 Å². The monoisotopic (exact) mass is 244 g/mol. The van der Waals surface area contributed by atoms with Crippen LogP contribution in [-0.2, 0) is 9.47 Å². The molecule has 0 saturated carbocycles. The average molecular weight is 245 g/mol. The standard InChI is InChI=1S/C8H15O3.Rb/c1-6-7(2,3)11-8(4,5-9)10-6;/h9H,5H2,1-4H3;. The van der Waals surface area contributed by atoms with Crippen molar-refractivity contribution in [1.29, 1.82) is 0 Å². The SMILES string of the molecule is CC1(CO)OC(C)(C)[C](C)([Rb])O1. The zero-order valence-corrected chi connectivity index (χ0v) is 13.4.